The van der Waals surface area contributed by atoms with Gasteiger partial charge in [0.1, 0.15) is 17.8 Å². The first-order valence-corrected chi connectivity index (χ1v) is 9.14. The zero-order chi connectivity index (χ0) is 20.5. The molecule has 2 amide bonds. The van der Waals surface area contributed by atoms with E-state index >= 15 is 0 Å². The summed E-state index contributed by atoms with van der Waals surface area (Å²) in [5.41, 5.74) is 0.748. The summed E-state index contributed by atoms with van der Waals surface area (Å²) >= 11 is 0. The maximum absolute atomic E-state index is 12.3. The number of hydrogen-bond acceptors (Lipinski definition) is 6. The van der Waals surface area contributed by atoms with Crippen LogP contribution in [-0.2, 0) is 25.5 Å². The molecule has 1 aliphatic heterocycles. The van der Waals surface area contributed by atoms with Crippen LogP contribution in [0.4, 0.5) is 0 Å². The highest BCUT2D eigenvalue weighted by Gasteiger charge is 2.25. The molecule has 2 unspecified atom stereocenters. The van der Waals surface area contributed by atoms with Crippen LogP contribution in [0.25, 0.3) is 0 Å². The van der Waals surface area contributed by atoms with Gasteiger partial charge in [0.2, 0.25) is 11.8 Å². The predicted molar refractivity (Wildman–Crippen MR) is 101 cm³/mol. The van der Waals surface area contributed by atoms with Crippen LogP contribution in [0.3, 0.4) is 0 Å². The molecule has 2 atom stereocenters. The van der Waals surface area contributed by atoms with Crippen LogP contribution in [0.5, 0.6) is 5.75 Å². The fourth-order valence-corrected chi connectivity index (χ4v) is 2.81. The molecular formula is C19H27N3O6. The van der Waals surface area contributed by atoms with E-state index in [1.54, 1.807) is 31.4 Å². The summed E-state index contributed by atoms with van der Waals surface area (Å²) in [5, 5.41) is 14.5. The largest absolute Gasteiger partial charge is 0.497 e. The maximum Gasteiger partial charge on any atom is 0.326 e. The van der Waals surface area contributed by atoms with Gasteiger partial charge in [0, 0.05) is 19.5 Å². The number of nitrogens with zero attached hydrogens (tertiary/aromatic N) is 1. The predicted octanol–water partition coefficient (Wildman–Crippen LogP) is -0.356. The van der Waals surface area contributed by atoms with Gasteiger partial charge in [-0.2, -0.15) is 0 Å². The number of ether oxygens (including phenoxy) is 2. The van der Waals surface area contributed by atoms with Gasteiger partial charge in [0.25, 0.3) is 0 Å². The lowest BCUT2D eigenvalue weighted by molar-refractivity contribution is -0.142. The molecule has 1 fully saturated rings. The highest BCUT2D eigenvalue weighted by atomic mass is 16.5. The van der Waals surface area contributed by atoms with E-state index < -0.39 is 24.0 Å². The zero-order valence-electron chi connectivity index (χ0n) is 16.1. The number of benzene rings is 1. The molecule has 0 bridgehead atoms. The number of carboxylic acid groups (broad SMARTS) is 1. The number of carbonyl (C=O) groups excluding carboxylic acids is 2. The number of carboxylic acids is 1. The third-order valence-electron chi connectivity index (χ3n) is 4.46. The minimum absolute atomic E-state index is 0.125. The molecule has 3 N–H and O–H groups in total. The van der Waals surface area contributed by atoms with Crippen molar-refractivity contribution >= 4 is 17.8 Å². The number of methoxy groups -OCH3 is 1. The van der Waals surface area contributed by atoms with Crippen LogP contribution < -0.4 is 15.4 Å². The van der Waals surface area contributed by atoms with Gasteiger partial charge in [0.05, 0.1) is 26.9 Å². The molecule has 1 aromatic carbocycles. The van der Waals surface area contributed by atoms with Gasteiger partial charge in [-0.1, -0.05) is 12.1 Å². The third-order valence-corrected chi connectivity index (χ3v) is 4.46. The average Bonchev–Trinajstić information content (AvgIpc) is 2.68. The van der Waals surface area contributed by atoms with E-state index in [4.69, 9.17) is 9.47 Å². The fourth-order valence-electron chi connectivity index (χ4n) is 2.81. The number of aliphatic carboxylic acids is 1. The maximum atomic E-state index is 12.3. The van der Waals surface area contributed by atoms with Crippen LogP contribution in [0.1, 0.15) is 12.5 Å². The molecule has 9 heteroatoms. The number of morpholine rings is 1. The Morgan fingerprint density at radius 3 is 2.39 bits per heavy atom. The summed E-state index contributed by atoms with van der Waals surface area (Å²) in [7, 11) is 1.55. The number of nitrogens with one attached hydrogen (secondary N) is 2. The lowest BCUT2D eigenvalue weighted by Gasteiger charge is -2.26. The topological polar surface area (TPSA) is 117 Å². The second kappa shape index (κ2) is 10.6. The second-order valence-electron chi connectivity index (χ2n) is 6.63. The van der Waals surface area contributed by atoms with Gasteiger partial charge in [-0.3, -0.25) is 14.5 Å². The summed E-state index contributed by atoms with van der Waals surface area (Å²) in [6, 6.07) is 5.00. The Hall–Kier alpha value is -2.65. The van der Waals surface area contributed by atoms with E-state index in [9.17, 15) is 19.5 Å². The van der Waals surface area contributed by atoms with Crippen molar-refractivity contribution in [3.05, 3.63) is 29.8 Å². The molecule has 1 heterocycles. The van der Waals surface area contributed by atoms with Crippen molar-refractivity contribution in [2.75, 3.05) is 40.0 Å². The van der Waals surface area contributed by atoms with Gasteiger partial charge in [0.15, 0.2) is 0 Å². The van der Waals surface area contributed by atoms with Gasteiger partial charge in [-0.05, 0) is 24.6 Å². The van der Waals surface area contributed by atoms with Gasteiger partial charge < -0.3 is 25.2 Å². The number of hydrogen-bond donors (Lipinski definition) is 3. The Kier molecular flexibility index (Phi) is 8.21. The van der Waals surface area contributed by atoms with E-state index in [1.807, 2.05) is 4.90 Å². The summed E-state index contributed by atoms with van der Waals surface area (Å²) in [6.07, 6.45) is 0.125. The Balaban J connectivity index is 1.85. The Morgan fingerprint density at radius 1 is 1.18 bits per heavy atom. The monoisotopic (exact) mass is 393 g/mol. The van der Waals surface area contributed by atoms with Crippen LogP contribution in [0.2, 0.25) is 0 Å². The smallest absolute Gasteiger partial charge is 0.326 e. The first-order valence-electron chi connectivity index (χ1n) is 9.14. The van der Waals surface area contributed by atoms with Crippen molar-refractivity contribution in [2.24, 2.45) is 0 Å². The summed E-state index contributed by atoms with van der Waals surface area (Å²) in [4.78, 5) is 37.9. The van der Waals surface area contributed by atoms with Crippen molar-refractivity contribution in [2.45, 2.75) is 25.4 Å². The molecule has 2 rings (SSSR count). The van der Waals surface area contributed by atoms with Crippen LogP contribution in [0, 0.1) is 0 Å². The third kappa shape index (κ3) is 6.82. The van der Waals surface area contributed by atoms with E-state index in [0.717, 1.165) is 5.56 Å². The van der Waals surface area contributed by atoms with E-state index in [0.29, 0.717) is 32.1 Å². The number of amides is 2. The molecule has 9 nitrogen and oxygen atoms in total. The second-order valence-corrected chi connectivity index (χ2v) is 6.63. The highest BCUT2D eigenvalue weighted by Crippen LogP contribution is 2.13. The zero-order valence-corrected chi connectivity index (χ0v) is 16.1. The van der Waals surface area contributed by atoms with E-state index in [2.05, 4.69) is 10.6 Å². The Bertz CT molecular complexity index is 673. The lowest BCUT2D eigenvalue weighted by Crippen LogP contribution is -2.53. The highest BCUT2D eigenvalue weighted by molar-refractivity contribution is 5.90. The normalized spacial score (nSPS) is 16.6. The van der Waals surface area contributed by atoms with Crippen molar-refractivity contribution in [1.29, 1.82) is 0 Å². The molecule has 0 aromatic heterocycles. The van der Waals surface area contributed by atoms with Crippen LogP contribution >= 0.6 is 0 Å². The van der Waals surface area contributed by atoms with Crippen LogP contribution in [0.15, 0.2) is 24.3 Å². The minimum atomic E-state index is -1.14. The van der Waals surface area contributed by atoms with Crippen LogP contribution in [-0.4, -0.2) is 79.8 Å². The van der Waals surface area contributed by atoms with Crippen molar-refractivity contribution < 1.29 is 29.0 Å². The standard InChI is InChI=1S/C19H27N3O6/c1-13(20-17(23)12-22-7-9-28-10-8-22)18(24)21-16(19(25)26)11-14-3-5-15(27-2)6-4-14/h3-6,13,16H,7-12H2,1-2H3,(H,20,23)(H,21,24)(H,25,26). The average molecular weight is 393 g/mol. The van der Waals surface area contributed by atoms with Crippen molar-refractivity contribution in [1.82, 2.24) is 15.5 Å². The molecule has 0 radical (unpaired) electrons. The van der Waals surface area contributed by atoms with Gasteiger partial charge in [-0.25, -0.2) is 4.79 Å². The van der Waals surface area contributed by atoms with Gasteiger partial charge >= 0.3 is 5.97 Å². The van der Waals surface area contributed by atoms with Gasteiger partial charge in [-0.15, -0.1) is 0 Å². The Morgan fingerprint density at radius 2 is 1.82 bits per heavy atom. The van der Waals surface area contributed by atoms with Crippen molar-refractivity contribution in [3.8, 4) is 5.75 Å². The summed E-state index contributed by atoms with van der Waals surface area (Å²) in [5.74, 6) is -1.31. The molecule has 1 aliphatic rings. The molecule has 0 aliphatic carbocycles. The fraction of sp³-hybridized carbons (Fsp3) is 0.526. The Labute approximate surface area is 164 Å². The lowest BCUT2D eigenvalue weighted by atomic mass is 10.1. The summed E-state index contributed by atoms with van der Waals surface area (Å²) < 4.78 is 10.3. The first-order chi connectivity index (χ1) is 13.4. The number of carbonyl (C=O) groups is 3. The quantitative estimate of drug-likeness (QED) is 0.525. The molecule has 0 spiro atoms. The van der Waals surface area contributed by atoms with Crippen molar-refractivity contribution in [3.63, 3.8) is 0 Å². The molecule has 0 saturated carbocycles. The SMILES string of the molecule is COc1ccc(CC(NC(=O)C(C)NC(=O)CN2CCOCC2)C(=O)O)cc1. The molecule has 154 valence electrons. The molecule has 28 heavy (non-hydrogen) atoms. The van der Waals surface area contributed by atoms with E-state index in [1.165, 1.54) is 6.92 Å². The minimum Gasteiger partial charge on any atom is -0.497 e. The molecule has 1 saturated heterocycles. The summed E-state index contributed by atoms with van der Waals surface area (Å²) in [6.45, 7) is 4.19. The number of rotatable bonds is 9. The van der Waals surface area contributed by atoms with E-state index in [-0.39, 0.29) is 18.9 Å². The molecule has 1 aromatic rings. The molecular weight excluding hydrogens is 366 g/mol. The first kappa shape index (κ1) is 21.6.